The van der Waals surface area contributed by atoms with Crippen LogP contribution in [0.5, 0.6) is 0 Å². The van der Waals surface area contributed by atoms with Crippen molar-refractivity contribution >= 4 is 13.0 Å². The maximum atomic E-state index is 13.9. The predicted octanol–water partition coefficient (Wildman–Crippen LogP) is 4.54. The van der Waals surface area contributed by atoms with E-state index in [-0.39, 0.29) is 11.7 Å². The van der Waals surface area contributed by atoms with Gasteiger partial charge in [-0.2, -0.15) is 0 Å². The van der Waals surface area contributed by atoms with E-state index in [1.807, 2.05) is 0 Å². The fourth-order valence-electron chi connectivity index (χ4n) is 9.99. The Bertz CT molecular complexity index is 761. The average molecular weight is 530 g/mol. The molecule has 8 atom stereocenters. The highest BCUT2D eigenvalue weighted by atomic mass is 16.4. The molecule has 1 heterocycles. The van der Waals surface area contributed by atoms with E-state index in [2.05, 4.69) is 16.8 Å². The summed E-state index contributed by atoms with van der Waals surface area (Å²) in [7, 11) is 1.09. The quantitative estimate of drug-likeness (QED) is 0.422. The summed E-state index contributed by atoms with van der Waals surface area (Å²) in [5.41, 5.74) is 6.01. The van der Waals surface area contributed by atoms with Crippen LogP contribution in [0.25, 0.3) is 0 Å². The maximum absolute atomic E-state index is 13.9. The van der Waals surface area contributed by atoms with E-state index >= 15 is 0 Å². The van der Waals surface area contributed by atoms with Gasteiger partial charge in [-0.3, -0.25) is 4.79 Å². The molecule has 4 saturated carbocycles. The fraction of sp³-hybridized carbons (Fsp3) is 0.968. The molecule has 0 aromatic carbocycles. The van der Waals surface area contributed by atoms with Crippen LogP contribution < -0.4 is 5.73 Å². The summed E-state index contributed by atoms with van der Waals surface area (Å²) in [6.45, 7) is 3.75. The lowest BCUT2D eigenvalue weighted by molar-refractivity contribution is -0.143. The van der Waals surface area contributed by atoms with E-state index in [1.165, 1.54) is 77.0 Å². The highest BCUT2D eigenvalue weighted by molar-refractivity contribution is 6.43. The molecule has 0 aromatic heterocycles. The molecule has 4 N–H and O–H groups in total. The van der Waals surface area contributed by atoms with Gasteiger partial charge in [-0.15, -0.1) is 0 Å². The van der Waals surface area contributed by atoms with Crippen molar-refractivity contribution in [2.75, 3.05) is 33.2 Å². The zero-order valence-corrected chi connectivity index (χ0v) is 24.2. The van der Waals surface area contributed by atoms with Crippen molar-refractivity contribution in [3.63, 3.8) is 0 Å². The lowest BCUT2D eigenvalue weighted by atomic mass is 9.59. The summed E-state index contributed by atoms with van der Waals surface area (Å²) < 4.78 is 0. The SMILES string of the molecule is CN(CC1CCCCC1B(O)O)C1CCCC2C(C(=O)N3CCC(C4CCCC(CN)C4)CC3)CCCC21. The van der Waals surface area contributed by atoms with Gasteiger partial charge in [0, 0.05) is 31.6 Å². The summed E-state index contributed by atoms with van der Waals surface area (Å²) >= 11 is 0. The molecule has 7 heteroatoms. The number of likely N-dealkylation sites (tertiary alicyclic amines) is 1. The Hall–Kier alpha value is -0.625. The molecule has 1 amide bonds. The number of hydrogen-bond acceptors (Lipinski definition) is 5. The summed E-state index contributed by atoms with van der Waals surface area (Å²) in [5, 5.41) is 20.0. The van der Waals surface area contributed by atoms with E-state index in [0.29, 0.717) is 29.7 Å². The highest BCUT2D eigenvalue weighted by Crippen LogP contribution is 2.47. The molecule has 5 fully saturated rings. The molecule has 0 spiro atoms. The number of amides is 1. The van der Waals surface area contributed by atoms with Crippen molar-refractivity contribution in [2.24, 2.45) is 47.2 Å². The van der Waals surface area contributed by atoms with Crippen LogP contribution in [0.2, 0.25) is 5.82 Å². The third-order valence-corrected chi connectivity index (χ3v) is 12.1. The standard InChI is InChI=1S/C31H56BN3O3/c1-34(21-25-8-2-3-13-29(25)32(37)38)30-14-6-10-26-27(30)11-5-12-28(26)31(36)35-17-15-23(16-18-35)24-9-4-7-22(19-24)20-33/h22-30,37-38H,2-21,33H2,1H3. The Morgan fingerprint density at radius 2 is 1.55 bits per heavy atom. The molecule has 0 radical (unpaired) electrons. The normalized spacial score (nSPS) is 39.1. The number of hydrogen-bond donors (Lipinski definition) is 3. The Morgan fingerprint density at radius 3 is 2.32 bits per heavy atom. The molecular weight excluding hydrogens is 473 g/mol. The van der Waals surface area contributed by atoms with Crippen LogP contribution >= 0.6 is 0 Å². The van der Waals surface area contributed by atoms with Gasteiger partial charge in [0.25, 0.3) is 0 Å². The summed E-state index contributed by atoms with van der Waals surface area (Å²) in [6.07, 6.45) is 19.3. The van der Waals surface area contributed by atoms with Crippen LogP contribution in [0.15, 0.2) is 0 Å². The fourth-order valence-corrected chi connectivity index (χ4v) is 9.99. The largest absolute Gasteiger partial charge is 0.455 e. The number of fused-ring (bicyclic) bond motifs is 1. The minimum Gasteiger partial charge on any atom is -0.427 e. The Balaban J connectivity index is 1.17. The lowest BCUT2D eigenvalue weighted by Crippen LogP contribution is -2.53. The van der Waals surface area contributed by atoms with E-state index in [1.54, 1.807) is 0 Å². The number of piperidine rings is 1. The zero-order valence-electron chi connectivity index (χ0n) is 24.2. The van der Waals surface area contributed by atoms with Gasteiger partial charge in [-0.25, -0.2) is 0 Å². The second kappa shape index (κ2) is 13.4. The first-order chi connectivity index (χ1) is 18.5. The summed E-state index contributed by atoms with van der Waals surface area (Å²) in [5.74, 6) is 4.59. The van der Waals surface area contributed by atoms with Crippen molar-refractivity contribution in [1.29, 1.82) is 0 Å². The molecule has 216 valence electrons. The molecule has 1 aliphatic heterocycles. The first-order valence-corrected chi connectivity index (χ1v) is 16.5. The number of nitrogens with two attached hydrogens (primary N) is 1. The van der Waals surface area contributed by atoms with Gasteiger partial charge < -0.3 is 25.6 Å². The molecule has 5 aliphatic rings. The van der Waals surface area contributed by atoms with Gasteiger partial charge in [-0.05, 0) is 113 Å². The first-order valence-electron chi connectivity index (χ1n) is 16.5. The number of nitrogens with zero attached hydrogens (tertiary/aromatic N) is 2. The van der Waals surface area contributed by atoms with Crippen LogP contribution in [-0.2, 0) is 4.79 Å². The zero-order chi connectivity index (χ0) is 26.6. The Kier molecular flexibility index (Phi) is 10.2. The molecule has 4 aliphatic carbocycles. The predicted molar refractivity (Wildman–Crippen MR) is 154 cm³/mol. The smallest absolute Gasteiger partial charge is 0.427 e. The van der Waals surface area contributed by atoms with Gasteiger partial charge in [0.1, 0.15) is 0 Å². The molecule has 0 aromatic rings. The monoisotopic (exact) mass is 529 g/mol. The summed E-state index contributed by atoms with van der Waals surface area (Å²) in [6, 6.07) is 0.537. The maximum Gasteiger partial charge on any atom is 0.455 e. The summed E-state index contributed by atoms with van der Waals surface area (Å²) in [4.78, 5) is 18.8. The van der Waals surface area contributed by atoms with Crippen molar-refractivity contribution < 1.29 is 14.8 Å². The highest BCUT2D eigenvalue weighted by Gasteiger charge is 2.46. The van der Waals surface area contributed by atoms with Crippen LogP contribution in [0.3, 0.4) is 0 Å². The lowest BCUT2D eigenvalue weighted by Gasteiger charge is -2.50. The average Bonchev–Trinajstić information content (AvgIpc) is 2.96. The van der Waals surface area contributed by atoms with Gasteiger partial charge in [-0.1, -0.05) is 44.9 Å². The number of carbonyl (C=O) groups is 1. The third-order valence-electron chi connectivity index (χ3n) is 12.1. The van der Waals surface area contributed by atoms with Gasteiger partial charge >= 0.3 is 7.12 Å². The van der Waals surface area contributed by atoms with E-state index < -0.39 is 7.12 Å². The van der Waals surface area contributed by atoms with Gasteiger partial charge in [0.05, 0.1) is 0 Å². The molecule has 38 heavy (non-hydrogen) atoms. The molecule has 1 saturated heterocycles. The minimum atomic E-state index is -1.19. The van der Waals surface area contributed by atoms with Crippen molar-refractivity contribution in [1.82, 2.24) is 9.80 Å². The topological polar surface area (TPSA) is 90.0 Å². The Morgan fingerprint density at radius 1 is 0.842 bits per heavy atom. The van der Waals surface area contributed by atoms with Crippen molar-refractivity contribution in [3.8, 4) is 0 Å². The van der Waals surface area contributed by atoms with Crippen molar-refractivity contribution in [3.05, 3.63) is 0 Å². The third kappa shape index (κ3) is 6.47. The second-order valence-electron chi connectivity index (χ2n) is 14.1. The van der Waals surface area contributed by atoms with Crippen LogP contribution in [0, 0.1) is 41.4 Å². The van der Waals surface area contributed by atoms with E-state index in [0.717, 1.165) is 69.6 Å². The molecule has 0 bridgehead atoms. The Labute approximate surface area is 232 Å². The molecule has 5 rings (SSSR count). The van der Waals surface area contributed by atoms with Crippen LogP contribution in [0.4, 0.5) is 0 Å². The number of carbonyl (C=O) groups excluding carboxylic acids is 1. The number of rotatable bonds is 7. The molecule has 8 unspecified atom stereocenters. The minimum absolute atomic E-state index is 0.0176. The molecule has 6 nitrogen and oxygen atoms in total. The van der Waals surface area contributed by atoms with E-state index in [9.17, 15) is 14.8 Å². The van der Waals surface area contributed by atoms with Gasteiger partial charge in [0.2, 0.25) is 5.91 Å². The second-order valence-corrected chi connectivity index (χ2v) is 14.1. The van der Waals surface area contributed by atoms with Gasteiger partial charge in [0.15, 0.2) is 0 Å². The van der Waals surface area contributed by atoms with Crippen LogP contribution in [-0.4, -0.2) is 72.1 Å². The van der Waals surface area contributed by atoms with Crippen molar-refractivity contribution in [2.45, 2.75) is 115 Å². The van der Waals surface area contributed by atoms with Crippen LogP contribution in [0.1, 0.15) is 103 Å². The van der Waals surface area contributed by atoms with E-state index in [4.69, 9.17) is 5.73 Å². The first kappa shape index (κ1) is 28.9. The molecular formula is C31H56BN3O3.